The molecule has 0 unspecified atom stereocenters. The lowest BCUT2D eigenvalue weighted by Gasteiger charge is -2.11. The molecule has 5 heteroatoms. The van der Waals surface area contributed by atoms with Crippen molar-refractivity contribution in [2.24, 2.45) is 11.1 Å². The summed E-state index contributed by atoms with van der Waals surface area (Å²) < 4.78 is 0. The summed E-state index contributed by atoms with van der Waals surface area (Å²) in [6.45, 7) is 1.96. The lowest BCUT2D eigenvalue weighted by molar-refractivity contribution is -0.127. The van der Waals surface area contributed by atoms with Gasteiger partial charge in [-0.3, -0.25) is 10.2 Å². The molecule has 0 aliphatic heterocycles. The fourth-order valence-corrected chi connectivity index (χ4v) is 1.14. The summed E-state index contributed by atoms with van der Waals surface area (Å²) in [5.74, 6) is -0.135. The largest absolute Gasteiger partial charge is 0.350 e. The van der Waals surface area contributed by atoms with Crippen molar-refractivity contribution in [1.29, 1.82) is 0 Å². The Kier molecular flexibility index (Phi) is 2.21. The minimum atomic E-state index is -0.741. The first-order chi connectivity index (χ1) is 5.60. The van der Waals surface area contributed by atoms with E-state index in [1.165, 1.54) is 0 Å². The Morgan fingerprint density at radius 2 is 2.00 bits per heavy atom. The highest BCUT2D eigenvalue weighted by Gasteiger charge is 2.48. The number of hydrazine groups is 1. The second-order valence-electron chi connectivity index (χ2n) is 3.08. The van der Waals surface area contributed by atoms with E-state index in [1.807, 2.05) is 6.92 Å². The summed E-state index contributed by atoms with van der Waals surface area (Å²) in [6, 6.07) is -0.741. The van der Waals surface area contributed by atoms with Gasteiger partial charge in [0.15, 0.2) is 0 Å². The van der Waals surface area contributed by atoms with Crippen molar-refractivity contribution in [3.63, 3.8) is 0 Å². The Bertz CT molecular complexity index is 211. The van der Waals surface area contributed by atoms with Gasteiger partial charge in [-0.1, -0.05) is 6.92 Å². The Labute approximate surface area is 70.7 Å². The predicted octanol–water partition coefficient (Wildman–Crippen LogP) is -0.124. The second kappa shape index (κ2) is 3.00. The molecule has 1 aliphatic carbocycles. The molecule has 0 aromatic carbocycles. The van der Waals surface area contributed by atoms with Crippen LogP contribution in [0.25, 0.3) is 0 Å². The van der Waals surface area contributed by atoms with Crippen LogP contribution in [0.5, 0.6) is 0 Å². The zero-order chi connectivity index (χ0) is 9.19. The Morgan fingerprint density at radius 3 is 2.33 bits per heavy atom. The minimum absolute atomic E-state index is 0.135. The van der Waals surface area contributed by atoms with E-state index in [9.17, 15) is 9.59 Å². The van der Waals surface area contributed by atoms with Gasteiger partial charge in [0.25, 0.3) is 0 Å². The predicted molar refractivity (Wildman–Crippen MR) is 42.8 cm³/mol. The zero-order valence-corrected chi connectivity index (χ0v) is 7.02. The van der Waals surface area contributed by atoms with Crippen LogP contribution in [0.15, 0.2) is 0 Å². The molecule has 0 bridgehead atoms. The van der Waals surface area contributed by atoms with E-state index >= 15 is 0 Å². The molecule has 12 heavy (non-hydrogen) atoms. The molecule has 0 heterocycles. The topological polar surface area (TPSA) is 84.2 Å². The van der Waals surface area contributed by atoms with Gasteiger partial charge in [0, 0.05) is 0 Å². The van der Waals surface area contributed by atoms with E-state index in [0.717, 1.165) is 19.3 Å². The summed E-state index contributed by atoms with van der Waals surface area (Å²) in [5, 5.41) is 0. The SMILES string of the molecule is CCC1(C(=O)NNC(N)=O)CC1. The molecule has 1 fully saturated rings. The molecule has 1 rings (SSSR count). The van der Waals surface area contributed by atoms with Crippen molar-refractivity contribution in [1.82, 2.24) is 10.9 Å². The van der Waals surface area contributed by atoms with Crippen LogP contribution in [0, 0.1) is 5.41 Å². The van der Waals surface area contributed by atoms with Crippen molar-refractivity contribution < 1.29 is 9.59 Å². The van der Waals surface area contributed by atoms with E-state index < -0.39 is 6.03 Å². The smallest absolute Gasteiger partial charge is 0.330 e. The summed E-state index contributed by atoms with van der Waals surface area (Å²) in [4.78, 5) is 21.5. The van der Waals surface area contributed by atoms with Crippen LogP contribution >= 0.6 is 0 Å². The maximum atomic E-state index is 11.3. The van der Waals surface area contributed by atoms with Gasteiger partial charge in [-0.25, -0.2) is 10.2 Å². The third-order valence-electron chi connectivity index (χ3n) is 2.31. The number of nitrogens with one attached hydrogen (secondary N) is 2. The highest BCUT2D eigenvalue weighted by Crippen LogP contribution is 2.48. The summed E-state index contributed by atoms with van der Waals surface area (Å²) in [6.07, 6.45) is 2.60. The number of carbonyl (C=O) groups excluding carboxylic acids is 2. The molecule has 0 aromatic heterocycles. The van der Waals surface area contributed by atoms with Gasteiger partial charge in [-0.2, -0.15) is 0 Å². The summed E-state index contributed by atoms with van der Waals surface area (Å²) in [7, 11) is 0. The van der Waals surface area contributed by atoms with E-state index in [2.05, 4.69) is 10.9 Å². The first-order valence-corrected chi connectivity index (χ1v) is 3.96. The number of urea groups is 1. The van der Waals surface area contributed by atoms with Crippen LogP contribution in [-0.2, 0) is 4.79 Å². The number of carbonyl (C=O) groups is 2. The third kappa shape index (κ3) is 1.66. The lowest BCUT2D eigenvalue weighted by atomic mass is 10.0. The standard InChI is InChI=1S/C7H13N3O2/c1-2-7(3-4-7)5(11)9-10-6(8)12/h2-4H2,1H3,(H,9,11)(H3,8,10,12). The van der Waals surface area contributed by atoms with Gasteiger partial charge >= 0.3 is 6.03 Å². The number of amides is 3. The highest BCUT2D eigenvalue weighted by atomic mass is 16.2. The van der Waals surface area contributed by atoms with Crippen LogP contribution in [0.3, 0.4) is 0 Å². The number of nitrogens with two attached hydrogens (primary N) is 1. The monoisotopic (exact) mass is 171 g/mol. The average molecular weight is 171 g/mol. The second-order valence-corrected chi connectivity index (χ2v) is 3.08. The maximum absolute atomic E-state index is 11.3. The molecule has 0 atom stereocenters. The Morgan fingerprint density at radius 1 is 1.42 bits per heavy atom. The fourth-order valence-electron chi connectivity index (χ4n) is 1.14. The highest BCUT2D eigenvalue weighted by molar-refractivity contribution is 5.87. The zero-order valence-electron chi connectivity index (χ0n) is 7.02. The molecule has 0 aromatic rings. The van der Waals surface area contributed by atoms with Crippen molar-refractivity contribution in [3.05, 3.63) is 0 Å². The third-order valence-corrected chi connectivity index (χ3v) is 2.31. The van der Waals surface area contributed by atoms with Gasteiger partial charge in [0.05, 0.1) is 5.41 Å². The molecular weight excluding hydrogens is 158 g/mol. The Hall–Kier alpha value is -1.26. The first-order valence-electron chi connectivity index (χ1n) is 3.96. The molecule has 3 amide bonds. The normalized spacial score (nSPS) is 18.1. The molecule has 0 radical (unpaired) electrons. The number of hydrogen-bond donors (Lipinski definition) is 3. The molecule has 1 aliphatic rings. The van der Waals surface area contributed by atoms with Gasteiger partial charge in [0.2, 0.25) is 5.91 Å². The number of hydrogen-bond acceptors (Lipinski definition) is 2. The molecule has 5 nitrogen and oxygen atoms in total. The quantitative estimate of drug-likeness (QED) is 0.506. The molecular formula is C7H13N3O2. The van der Waals surface area contributed by atoms with Crippen molar-refractivity contribution in [3.8, 4) is 0 Å². The lowest BCUT2D eigenvalue weighted by Crippen LogP contribution is -2.47. The van der Waals surface area contributed by atoms with E-state index in [0.29, 0.717) is 0 Å². The molecule has 1 saturated carbocycles. The van der Waals surface area contributed by atoms with Crippen LogP contribution < -0.4 is 16.6 Å². The average Bonchev–Trinajstić information content (AvgIpc) is 2.80. The fraction of sp³-hybridized carbons (Fsp3) is 0.714. The van der Waals surface area contributed by atoms with Gasteiger partial charge in [-0.05, 0) is 19.3 Å². The maximum Gasteiger partial charge on any atom is 0.330 e. The first kappa shape index (κ1) is 8.83. The van der Waals surface area contributed by atoms with E-state index in [4.69, 9.17) is 5.73 Å². The van der Waals surface area contributed by atoms with Crippen LogP contribution in [0.4, 0.5) is 4.79 Å². The molecule has 0 spiro atoms. The Balaban J connectivity index is 2.33. The van der Waals surface area contributed by atoms with Crippen molar-refractivity contribution in [2.75, 3.05) is 0 Å². The van der Waals surface area contributed by atoms with E-state index in [-0.39, 0.29) is 11.3 Å². The molecule has 0 saturated heterocycles. The van der Waals surface area contributed by atoms with E-state index in [1.54, 1.807) is 0 Å². The number of primary amides is 1. The van der Waals surface area contributed by atoms with Gasteiger partial charge in [0.1, 0.15) is 0 Å². The number of rotatable bonds is 2. The van der Waals surface area contributed by atoms with Crippen LogP contribution in [-0.4, -0.2) is 11.9 Å². The van der Waals surface area contributed by atoms with Crippen molar-refractivity contribution >= 4 is 11.9 Å². The molecule has 68 valence electrons. The van der Waals surface area contributed by atoms with Crippen LogP contribution in [0.1, 0.15) is 26.2 Å². The molecule has 4 N–H and O–H groups in total. The van der Waals surface area contributed by atoms with Gasteiger partial charge < -0.3 is 5.73 Å². The summed E-state index contributed by atoms with van der Waals surface area (Å²) in [5.41, 5.74) is 8.88. The minimum Gasteiger partial charge on any atom is -0.350 e. The summed E-state index contributed by atoms with van der Waals surface area (Å²) >= 11 is 0. The van der Waals surface area contributed by atoms with Crippen LogP contribution in [0.2, 0.25) is 0 Å². The van der Waals surface area contributed by atoms with Crippen molar-refractivity contribution in [2.45, 2.75) is 26.2 Å². The van der Waals surface area contributed by atoms with Gasteiger partial charge in [-0.15, -0.1) is 0 Å².